The first-order chi connectivity index (χ1) is 3.97. The van der Waals surface area contributed by atoms with Crippen molar-refractivity contribution in [3.8, 4) is 0 Å². The van der Waals surface area contributed by atoms with Gasteiger partial charge in [-0.2, -0.15) is 21.9 Å². The van der Waals surface area contributed by atoms with Crippen LogP contribution in [0.1, 0.15) is 0 Å². The van der Waals surface area contributed by atoms with Gasteiger partial charge in [-0.25, -0.2) is 9.88 Å². The van der Waals surface area contributed by atoms with Gasteiger partial charge in [0.15, 0.2) is 0 Å². The lowest BCUT2D eigenvalue weighted by Crippen LogP contribution is -2.39. The van der Waals surface area contributed by atoms with E-state index in [0.29, 0.717) is 0 Å². The first-order valence-corrected chi connectivity index (χ1v) is 2.30. The zero-order valence-corrected chi connectivity index (χ0v) is 3.97. The zero-order valence-electron chi connectivity index (χ0n) is 3.97. The minimum atomic E-state index is 0.00926. The summed E-state index contributed by atoms with van der Waals surface area (Å²) >= 11 is 0. The third-order valence-electron chi connectivity index (χ3n) is 1.08. The van der Waals surface area contributed by atoms with Gasteiger partial charge in [0.25, 0.3) is 0 Å². The maximum Gasteiger partial charge on any atom is 0.141 e. The van der Waals surface area contributed by atoms with Crippen molar-refractivity contribution in [2.45, 2.75) is 12.3 Å². The van der Waals surface area contributed by atoms with Crippen LogP contribution in [0.4, 0.5) is 0 Å². The molecule has 2 aliphatic rings. The summed E-state index contributed by atoms with van der Waals surface area (Å²) < 4.78 is 0. The predicted octanol–water partition coefficient (Wildman–Crippen LogP) is -2.28. The van der Waals surface area contributed by atoms with Gasteiger partial charge < -0.3 is 0 Å². The Labute approximate surface area is 45.3 Å². The van der Waals surface area contributed by atoms with Crippen molar-refractivity contribution in [1.29, 1.82) is 0 Å². The Morgan fingerprint density at radius 3 is 1.50 bits per heavy atom. The third-order valence-corrected chi connectivity index (χ3v) is 1.08. The molecule has 6 nitrogen and oxygen atoms in total. The fourth-order valence-corrected chi connectivity index (χ4v) is 0.642. The van der Waals surface area contributed by atoms with Crippen molar-refractivity contribution in [2.75, 3.05) is 0 Å². The Balaban J connectivity index is 2.04. The average Bonchev–Trinajstić information content (AvgIpc) is 2.15. The van der Waals surface area contributed by atoms with E-state index >= 15 is 0 Å². The molecule has 0 atom stereocenters. The second kappa shape index (κ2) is 1.62. The number of hydroxylamine groups is 4. The third kappa shape index (κ3) is 0.525. The molecule has 0 radical (unpaired) electrons. The van der Waals surface area contributed by atoms with Crippen LogP contribution >= 0.6 is 0 Å². The molecule has 0 amide bonds. The summed E-state index contributed by atoms with van der Waals surface area (Å²) in [4.78, 5) is 9.21. The van der Waals surface area contributed by atoms with Gasteiger partial charge in [0.2, 0.25) is 0 Å². The first-order valence-electron chi connectivity index (χ1n) is 2.30. The lowest BCUT2D eigenvalue weighted by Gasteiger charge is -1.97. The van der Waals surface area contributed by atoms with E-state index < -0.39 is 0 Å². The molecular weight excluding hydrogens is 112 g/mol. The highest BCUT2D eigenvalue weighted by atomic mass is 16.9. The van der Waals surface area contributed by atoms with Crippen LogP contribution in [0.15, 0.2) is 0 Å². The monoisotopic (exact) mass is 118 g/mol. The molecule has 4 N–H and O–H groups in total. The standard InChI is InChI=1S/C2H6N4O2/c3-1-2(5-7-3)6-8-4-1/h1-6H. The molecule has 2 saturated heterocycles. The fraction of sp³-hybridized carbons (Fsp3) is 1.00. The van der Waals surface area contributed by atoms with Crippen molar-refractivity contribution in [3.63, 3.8) is 0 Å². The van der Waals surface area contributed by atoms with E-state index in [1.165, 1.54) is 0 Å². The Hall–Kier alpha value is -0.240. The molecule has 0 aromatic carbocycles. The molecule has 0 unspecified atom stereocenters. The van der Waals surface area contributed by atoms with E-state index in [2.05, 4.69) is 31.8 Å². The van der Waals surface area contributed by atoms with Gasteiger partial charge in [-0.3, -0.25) is 0 Å². The second-order valence-corrected chi connectivity index (χ2v) is 1.63. The summed E-state index contributed by atoms with van der Waals surface area (Å²) in [5.74, 6) is 0. The van der Waals surface area contributed by atoms with Crippen LogP contribution in [-0.2, 0) is 9.88 Å². The van der Waals surface area contributed by atoms with Crippen molar-refractivity contribution >= 4 is 0 Å². The number of hydrogen-bond acceptors (Lipinski definition) is 6. The van der Waals surface area contributed by atoms with Gasteiger partial charge >= 0.3 is 0 Å². The molecule has 0 aliphatic carbocycles. The molecule has 6 heteroatoms. The van der Waals surface area contributed by atoms with Crippen molar-refractivity contribution < 1.29 is 9.88 Å². The fourth-order valence-electron chi connectivity index (χ4n) is 0.642. The minimum Gasteiger partial charge on any atom is -0.211 e. The van der Waals surface area contributed by atoms with E-state index in [-0.39, 0.29) is 12.3 Å². The number of fused-ring (bicyclic) bond motifs is 1. The SMILES string of the molecule is N1ONC2NONC12. The number of rotatable bonds is 0. The summed E-state index contributed by atoms with van der Waals surface area (Å²) in [5, 5.41) is 0. The molecule has 8 heavy (non-hydrogen) atoms. The van der Waals surface area contributed by atoms with E-state index in [1.807, 2.05) is 0 Å². The average molecular weight is 118 g/mol. The number of nitrogens with one attached hydrogen (secondary N) is 4. The normalized spacial score (nSPS) is 45.0. The lowest BCUT2D eigenvalue weighted by atomic mass is 10.4. The highest BCUT2D eigenvalue weighted by molar-refractivity contribution is 4.73. The predicted molar refractivity (Wildman–Crippen MR) is 22.3 cm³/mol. The van der Waals surface area contributed by atoms with Crippen LogP contribution in [-0.4, -0.2) is 12.3 Å². The van der Waals surface area contributed by atoms with Crippen molar-refractivity contribution in [2.24, 2.45) is 0 Å². The highest BCUT2D eigenvalue weighted by Crippen LogP contribution is 1.98. The van der Waals surface area contributed by atoms with E-state index in [9.17, 15) is 0 Å². The zero-order chi connectivity index (χ0) is 5.40. The van der Waals surface area contributed by atoms with Gasteiger partial charge in [0.05, 0.1) is 0 Å². The van der Waals surface area contributed by atoms with Gasteiger partial charge in [-0.05, 0) is 0 Å². The highest BCUT2D eigenvalue weighted by Gasteiger charge is 2.33. The second-order valence-electron chi connectivity index (χ2n) is 1.63. The van der Waals surface area contributed by atoms with E-state index in [0.717, 1.165) is 0 Å². The molecule has 2 fully saturated rings. The molecule has 0 saturated carbocycles. The van der Waals surface area contributed by atoms with Gasteiger partial charge in [-0.1, -0.05) is 0 Å². The summed E-state index contributed by atoms with van der Waals surface area (Å²) in [6.45, 7) is 0. The molecule has 0 aromatic heterocycles. The molecule has 0 aromatic rings. The smallest absolute Gasteiger partial charge is 0.141 e. The molecule has 2 aliphatic heterocycles. The molecule has 2 heterocycles. The molecule has 2 rings (SSSR count). The van der Waals surface area contributed by atoms with Crippen LogP contribution in [0.3, 0.4) is 0 Å². The van der Waals surface area contributed by atoms with E-state index in [4.69, 9.17) is 0 Å². The van der Waals surface area contributed by atoms with E-state index in [1.54, 1.807) is 0 Å². The summed E-state index contributed by atoms with van der Waals surface area (Å²) in [7, 11) is 0. The van der Waals surface area contributed by atoms with Gasteiger partial charge in [0, 0.05) is 0 Å². The van der Waals surface area contributed by atoms with Crippen LogP contribution in [0, 0.1) is 0 Å². The quantitative estimate of drug-likeness (QED) is 0.287. The Kier molecular flexibility index (Phi) is 0.937. The largest absolute Gasteiger partial charge is 0.211 e. The molecule has 0 bridgehead atoms. The van der Waals surface area contributed by atoms with Gasteiger partial charge in [0.1, 0.15) is 12.3 Å². The maximum absolute atomic E-state index is 4.61. The van der Waals surface area contributed by atoms with Crippen LogP contribution in [0.2, 0.25) is 0 Å². The number of hydrogen-bond donors (Lipinski definition) is 4. The maximum atomic E-state index is 4.61. The molecular formula is C2H6N4O2. The van der Waals surface area contributed by atoms with Gasteiger partial charge in [-0.15, -0.1) is 0 Å². The Bertz CT molecular complexity index is 78.0. The first kappa shape index (κ1) is 4.62. The summed E-state index contributed by atoms with van der Waals surface area (Å²) in [6.07, 6.45) is 0.0185. The summed E-state index contributed by atoms with van der Waals surface area (Å²) in [5.41, 5.74) is 10.4. The molecule has 0 spiro atoms. The van der Waals surface area contributed by atoms with Crippen LogP contribution < -0.4 is 21.9 Å². The van der Waals surface area contributed by atoms with Crippen LogP contribution in [0.5, 0.6) is 0 Å². The minimum absolute atomic E-state index is 0.00926. The molecule has 46 valence electrons. The van der Waals surface area contributed by atoms with Crippen molar-refractivity contribution in [1.82, 2.24) is 21.9 Å². The Morgan fingerprint density at radius 2 is 1.12 bits per heavy atom. The lowest BCUT2D eigenvalue weighted by molar-refractivity contribution is -0.0749. The van der Waals surface area contributed by atoms with Crippen molar-refractivity contribution in [3.05, 3.63) is 0 Å². The van der Waals surface area contributed by atoms with Crippen LogP contribution in [0.25, 0.3) is 0 Å². The topological polar surface area (TPSA) is 66.6 Å². The Morgan fingerprint density at radius 1 is 0.750 bits per heavy atom. The summed E-state index contributed by atoms with van der Waals surface area (Å²) in [6, 6.07) is 0.